The van der Waals surface area contributed by atoms with Crippen LogP contribution in [0.3, 0.4) is 0 Å². The third kappa shape index (κ3) is 81.0. The highest BCUT2D eigenvalue weighted by Gasteiger charge is 2.31. The molecule has 3 N–H and O–H groups in total. The predicted molar refractivity (Wildman–Crippen MR) is 451 cm³/mol. The molecular formula is C90H176O17P2. The molecule has 0 aromatic rings. The van der Waals surface area contributed by atoms with Crippen LogP contribution in [0, 0.1) is 17.8 Å². The molecule has 0 saturated carbocycles. The first-order chi connectivity index (χ1) is 52.8. The van der Waals surface area contributed by atoms with Crippen LogP contribution in [-0.2, 0) is 65.4 Å². The molecule has 0 rings (SSSR count). The van der Waals surface area contributed by atoms with Crippen molar-refractivity contribution in [2.75, 3.05) is 39.6 Å². The van der Waals surface area contributed by atoms with Gasteiger partial charge in [0.15, 0.2) is 12.2 Å². The van der Waals surface area contributed by atoms with Gasteiger partial charge in [0.25, 0.3) is 0 Å². The van der Waals surface area contributed by atoms with Gasteiger partial charge in [0.05, 0.1) is 26.4 Å². The van der Waals surface area contributed by atoms with E-state index < -0.39 is 97.5 Å². The summed E-state index contributed by atoms with van der Waals surface area (Å²) in [4.78, 5) is 73.3. The fraction of sp³-hybridized carbons (Fsp3) is 0.956. The van der Waals surface area contributed by atoms with Crippen molar-refractivity contribution in [2.45, 2.75) is 497 Å². The Morgan fingerprint density at radius 2 is 0.468 bits per heavy atom. The number of ether oxygens (including phenoxy) is 4. The van der Waals surface area contributed by atoms with Crippen molar-refractivity contribution in [3.8, 4) is 0 Å². The van der Waals surface area contributed by atoms with Crippen LogP contribution >= 0.6 is 15.6 Å². The summed E-state index contributed by atoms with van der Waals surface area (Å²) >= 11 is 0. The third-order valence-electron chi connectivity index (χ3n) is 21.9. The van der Waals surface area contributed by atoms with E-state index in [0.29, 0.717) is 25.7 Å². The lowest BCUT2D eigenvalue weighted by Crippen LogP contribution is -2.30. The Hall–Kier alpha value is -1.94. The van der Waals surface area contributed by atoms with Crippen molar-refractivity contribution in [1.29, 1.82) is 0 Å². The van der Waals surface area contributed by atoms with Gasteiger partial charge >= 0.3 is 39.5 Å². The quantitative estimate of drug-likeness (QED) is 0.0222. The molecule has 0 amide bonds. The van der Waals surface area contributed by atoms with E-state index in [0.717, 1.165) is 114 Å². The van der Waals surface area contributed by atoms with Crippen LogP contribution < -0.4 is 0 Å². The van der Waals surface area contributed by atoms with Gasteiger partial charge < -0.3 is 33.8 Å². The highest BCUT2D eigenvalue weighted by molar-refractivity contribution is 7.47. The molecule has 0 aliphatic rings. The number of rotatable bonds is 88. The Balaban J connectivity index is 5.22. The van der Waals surface area contributed by atoms with Gasteiger partial charge in [0.2, 0.25) is 0 Å². The number of hydrogen-bond donors (Lipinski definition) is 3. The van der Waals surface area contributed by atoms with Crippen LogP contribution in [0.5, 0.6) is 0 Å². The Labute approximate surface area is 670 Å². The van der Waals surface area contributed by atoms with Crippen molar-refractivity contribution in [2.24, 2.45) is 17.8 Å². The number of unbranched alkanes of at least 4 members (excludes halogenated alkanes) is 54. The summed E-state index contributed by atoms with van der Waals surface area (Å²) < 4.78 is 69.0. The number of hydrogen-bond acceptors (Lipinski definition) is 15. The molecule has 109 heavy (non-hydrogen) atoms. The molecule has 0 saturated heterocycles. The Kier molecular flexibility index (Phi) is 78.5. The van der Waals surface area contributed by atoms with Crippen LogP contribution in [0.4, 0.5) is 0 Å². The van der Waals surface area contributed by atoms with E-state index in [1.54, 1.807) is 0 Å². The topological polar surface area (TPSA) is 237 Å². The molecule has 17 nitrogen and oxygen atoms in total. The molecule has 0 aliphatic carbocycles. The number of aliphatic hydroxyl groups is 1. The lowest BCUT2D eigenvalue weighted by Gasteiger charge is -2.21. The van der Waals surface area contributed by atoms with Crippen LogP contribution in [0.1, 0.15) is 479 Å². The monoisotopic (exact) mass is 1590 g/mol. The zero-order chi connectivity index (χ0) is 80.0. The second-order valence-corrected chi connectivity index (χ2v) is 36.2. The summed E-state index contributed by atoms with van der Waals surface area (Å²) in [6, 6.07) is 0. The summed E-state index contributed by atoms with van der Waals surface area (Å²) in [5, 5.41) is 10.7. The van der Waals surface area contributed by atoms with Gasteiger partial charge in [-0.15, -0.1) is 0 Å². The summed E-state index contributed by atoms with van der Waals surface area (Å²) in [6.07, 6.45) is 72.3. The van der Waals surface area contributed by atoms with E-state index in [1.807, 2.05) is 0 Å². The zero-order valence-electron chi connectivity index (χ0n) is 72.0. The van der Waals surface area contributed by atoms with E-state index in [-0.39, 0.29) is 25.7 Å². The average molecular weight is 1590 g/mol. The summed E-state index contributed by atoms with van der Waals surface area (Å²) in [6.45, 7) is 12.1. The number of carbonyl (C=O) groups excluding carboxylic acids is 4. The minimum absolute atomic E-state index is 0.108. The molecule has 0 radical (unpaired) electrons. The number of aliphatic hydroxyl groups excluding tert-OH is 1. The molecule has 0 heterocycles. The van der Waals surface area contributed by atoms with E-state index >= 15 is 0 Å². The number of phosphoric ester groups is 2. The van der Waals surface area contributed by atoms with Crippen LogP contribution in [0.15, 0.2) is 0 Å². The highest BCUT2D eigenvalue weighted by Crippen LogP contribution is 2.45. The van der Waals surface area contributed by atoms with Gasteiger partial charge in [-0.3, -0.25) is 37.3 Å². The van der Waals surface area contributed by atoms with Crippen LogP contribution in [0.2, 0.25) is 0 Å². The fourth-order valence-corrected chi connectivity index (χ4v) is 15.6. The lowest BCUT2D eigenvalue weighted by atomic mass is 9.99. The molecule has 7 atom stereocenters. The maximum atomic E-state index is 13.2. The Morgan fingerprint density at radius 1 is 0.266 bits per heavy atom. The molecule has 648 valence electrons. The Bertz CT molecular complexity index is 2100. The van der Waals surface area contributed by atoms with E-state index in [4.69, 9.17) is 37.0 Å². The van der Waals surface area contributed by atoms with Gasteiger partial charge in [-0.25, -0.2) is 9.13 Å². The Morgan fingerprint density at radius 3 is 0.697 bits per heavy atom. The van der Waals surface area contributed by atoms with Crippen molar-refractivity contribution >= 4 is 39.5 Å². The first-order valence-electron chi connectivity index (χ1n) is 46.4. The normalized spacial score (nSPS) is 14.3. The maximum Gasteiger partial charge on any atom is 0.472 e. The zero-order valence-corrected chi connectivity index (χ0v) is 73.8. The molecule has 0 aliphatic heterocycles. The van der Waals surface area contributed by atoms with Crippen molar-refractivity contribution in [1.82, 2.24) is 0 Å². The van der Waals surface area contributed by atoms with Gasteiger partial charge in [-0.1, -0.05) is 427 Å². The standard InChI is InChI=1S/C90H176O17P2/c1-8-11-12-13-14-15-16-17-18-19-23-30-35-40-45-50-59-67-74-90(95)107-86(78-101-88(93)72-65-58-53-52-56-63-70-83(7)10-3)80-105-109(98,99)103-76-84(91)75-102-108(96,97)104-79-85(77-100-87(92)71-64-57-49-44-39-34-29-26-25-27-32-37-42-47-54-61-68-81(4)5)106-89(94)73-66-60-51-46-41-36-31-24-21-20-22-28-33-38-43-48-55-62-69-82(6)9-2/h81-86,91H,8-80H2,1-7H3,(H,96,97)(H,98,99)/t82?,83?,84-,85-,86-/m1/s1. The molecular weight excluding hydrogens is 1410 g/mol. The smallest absolute Gasteiger partial charge is 0.462 e. The van der Waals surface area contributed by atoms with Crippen molar-refractivity contribution in [3.05, 3.63) is 0 Å². The molecule has 19 heteroatoms. The number of phosphoric acid groups is 2. The van der Waals surface area contributed by atoms with Gasteiger partial charge in [0, 0.05) is 25.7 Å². The lowest BCUT2D eigenvalue weighted by molar-refractivity contribution is -0.161. The largest absolute Gasteiger partial charge is 0.472 e. The molecule has 0 spiro atoms. The van der Waals surface area contributed by atoms with Crippen molar-refractivity contribution < 1.29 is 80.2 Å². The first kappa shape index (κ1) is 107. The molecule has 0 bridgehead atoms. The maximum absolute atomic E-state index is 13.2. The summed E-state index contributed by atoms with van der Waals surface area (Å²) in [5.41, 5.74) is 0. The summed E-state index contributed by atoms with van der Waals surface area (Å²) in [5.74, 6) is 0.313. The van der Waals surface area contributed by atoms with Gasteiger partial charge in [0.1, 0.15) is 19.3 Å². The first-order valence-corrected chi connectivity index (χ1v) is 49.4. The fourth-order valence-electron chi connectivity index (χ4n) is 14.0. The highest BCUT2D eigenvalue weighted by atomic mass is 31.2. The van der Waals surface area contributed by atoms with E-state index in [9.17, 15) is 43.2 Å². The van der Waals surface area contributed by atoms with Crippen LogP contribution in [-0.4, -0.2) is 96.7 Å². The SMILES string of the molecule is CCCCCCCCCCCCCCCCCCCCC(=O)O[C@H](COC(=O)CCCCCCCCC(C)CC)COP(=O)(O)OC[C@H](O)COP(=O)(O)OC[C@@H](COC(=O)CCCCCCCCCCCCCCCCCCC(C)C)OC(=O)CCCCCCCCCCCCCCCCCCCCC(C)CC. The predicted octanol–water partition coefficient (Wildman–Crippen LogP) is 27.6. The third-order valence-corrected chi connectivity index (χ3v) is 23.8. The molecule has 0 aromatic carbocycles. The molecule has 0 aromatic heterocycles. The molecule has 0 fully saturated rings. The van der Waals surface area contributed by atoms with Crippen molar-refractivity contribution in [3.63, 3.8) is 0 Å². The van der Waals surface area contributed by atoms with E-state index in [2.05, 4.69) is 48.5 Å². The number of esters is 4. The summed E-state index contributed by atoms with van der Waals surface area (Å²) in [7, 11) is -9.93. The van der Waals surface area contributed by atoms with E-state index in [1.165, 1.54) is 283 Å². The second-order valence-electron chi connectivity index (χ2n) is 33.3. The number of carbonyl (C=O) groups is 4. The minimum atomic E-state index is -4.97. The minimum Gasteiger partial charge on any atom is -0.462 e. The van der Waals surface area contributed by atoms with Crippen LogP contribution in [0.25, 0.3) is 0 Å². The van der Waals surface area contributed by atoms with Gasteiger partial charge in [-0.2, -0.15) is 0 Å². The van der Waals surface area contributed by atoms with Gasteiger partial charge in [-0.05, 0) is 43.4 Å². The second kappa shape index (κ2) is 79.9. The average Bonchev–Trinajstić information content (AvgIpc) is 0.900. The molecule has 4 unspecified atom stereocenters.